The van der Waals surface area contributed by atoms with Crippen molar-refractivity contribution in [3.05, 3.63) is 71.8 Å². The van der Waals surface area contributed by atoms with Crippen LogP contribution in [0.3, 0.4) is 0 Å². The lowest BCUT2D eigenvalue weighted by Crippen LogP contribution is -2.45. The van der Waals surface area contributed by atoms with Crippen LogP contribution in [-0.4, -0.2) is 6.54 Å². The van der Waals surface area contributed by atoms with Crippen molar-refractivity contribution in [3.63, 3.8) is 0 Å². The number of nitrogens with two attached hydrogens (primary N) is 2. The van der Waals surface area contributed by atoms with Crippen molar-refractivity contribution < 1.29 is 0 Å². The Morgan fingerprint density at radius 3 is 1.44 bits per heavy atom. The summed E-state index contributed by atoms with van der Waals surface area (Å²) in [4.78, 5) is 0. The monoisotopic (exact) mass is 212 g/mol. The molecule has 2 heteroatoms. The molecule has 2 aromatic carbocycles. The van der Waals surface area contributed by atoms with Crippen LogP contribution in [0.4, 0.5) is 0 Å². The van der Waals surface area contributed by atoms with Crippen LogP contribution in [0.5, 0.6) is 0 Å². The van der Waals surface area contributed by atoms with E-state index in [2.05, 4.69) is 0 Å². The van der Waals surface area contributed by atoms with Crippen molar-refractivity contribution in [1.82, 2.24) is 0 Å². The van der Waals surface area contributed by atoms with Crippen molar-refractivity contribution in [1.29, 1.82) is 0 Å². The standard InChI is InChI=1S/C14H16N2/c15-11-14(16,12-7-3-1-4-8-12)13-9-5-2-6-10-13/h1-10H,11,15-16H2. The van der Waals surface area contributed by atoms with E-state index < -0.39 is 5.54 Å². The fourth-order valence-corrected chi connectivity index (χ4v) is 1.87. The Bertz CT molecular complexity index is 397. The van der Waals surface area contributed by atoms with E-state index in [1.165, 1.54) is 0 Å². The largest absolute Gasteiger partial charge is 0.328 e. The van der Waals surface area contributed by atoms with Gasteiger partial charge in [0.05, 0.1) is 5.54 Å². The molecule has 2 aromatic rings. The molecule has 0 aliphatic carbocycles. The molecule has 0 radical (unpaired) electrons. The highest BCUT2D eigenvalue weighted by molar-refractivity contribution is 5.38. The minimum absolute atomic E-state index is 0.390. The molecule has 0 aromatic heterocycles. The minimum atomic E-state index is -0.595. The third kappa shape index (κ3) is 1.85. The molecule has 4 N–H and O–H groups in total. The second kappa shape index (κ2) is 4.47. The van der Waals surface area contributed by atoms with Crippen molar-refractivity contribution in [2.75, 3.05) is 6.54 Å². The third-order valence-electron chi connectivity index (χ3n) is 2.90. The molecule has 2 rings (SSSR count). The molecule has 0 fully saturated rings. The van der Waals surface area contributed by atoms with Crippen molar-refractivity contribution in [2.24, 2.45) is 11.5 Å². The van der Waals surface area contributed by atoms with Gasteiger partial charge in [0.1, 0.15) is 0 Å². The zero-order valence-electron chi connectivity index (χ0n) is 9.14. The molecule has 0 bridgehead atoms. The summed E-state index contributed by atoms with van der Waals surface area (Å²) in [5.41, 5.74) is 13.8. The Kier molecular flexibility index (Phi) is 3.04. The molecule has 0 heterocycles. The summed E-state index contributed by atoms with van der Waals surface area (Å²) >= 11 is 0. The summed E-state index contributed by atoms with van der Waals surface area (Å²) in [6.07, 6.45) is 0. The Hall–Kier alpha value is -1.64. The van der Waals surface area contributed by atoms with Gasteiger partial charge in [-0.3, -0.25) is 0 Å². The molecule has 0 atom stereocenters. The summed E-state index contributed by atoms with van der Waals surface area (Å²) < 4.78 is 0. The molecule has 0 amide bonds. The Balaban J connectivity index is 2.49. The molecular formula is C14H16N2. The molecule has 82 valence electrons. The van der Waals surface area contributed by atoms with Gasteiger partial charge in [0.15, 0.2) is 0 Å². The first kappa shape index (κ1) is 10.9. The second-order valence-electron chi connectivity index (χ2n) is 3.91. The van der Waals surface area contributed by atoms with Crippen LogP contribution in [0.1, 0.15) is 11.1 Å². The van der Waals surface area contributed by atoms with Crippen LogP contribution >= 0.6 is 0 Å². The van der Waals surface area contributed by atoms with Crippen molar-refractivity contribution in [2.45, 2.75) is 5.54 Å². The van der Waals surface area contributed by atoms with Gasteiger partial charge in [0.2, 0.25) is 0 Å². The van der Waals surface area contributed by atoms with Gasteiger partial charge in [-0.15, -0.1) is 0 Å². The SMILES string of the molecule is NCC(N)(c1ccccc1)c1ccccc1. The predicted molar refractivity (Wildman–Crippen MR) is 66.9 cm³/mol. The van der Waals surface area contributed by atoms with Crippen LogP contribution in [-0.2, 0) is 5.54 Å². The van der Waals surface area contributed by atoms with Crippen LogP contribution in [0.2, 0.25) is 0 Å². The van der Waals surface area contributed by atoms with Crippen LogP contribution in [0, 0.1) is 0 Å². The van der Waals surface area contributed by atoms with Crippen molar-refractivity contribution >= 4 is 0 Å². The first-order chi connectivity index (χ1) is 7.77. The average molecular weight is 212 g/mol. The van der Waals surface area contributed by atoms with Crippen LogP contribution < -0.4 is 11.5 Å². The highest BCUT2D eigenvalue weighted by Crippen LogP contribution is 2.25. The summed E-state index contributed by atoms with van der Waals surface area (Å²) in [5.74, 6) is 0. The third-order valence-corrected chi connectivity index (χ3v) is 2.90. The first-order valence-corrected chi connectivity index (χ1v) is 5.37. The predicted octanol–water partition coefficient (Wildman–Crippen LogP) is 1.85. The number of benzene rings is 2. The van der Waals surface area contributed by atoms with E-state index in [0.29, 0.717) is 6.54 Å². The molecule has 0 spiro atoms. The van der Waals surface area contributed by atoms with E-state index in [0.717, 1.165) is 11.1 Å². The van der Waals surface area contributed by atoms with E-state index >= 15 is 0 Å². The molecule has 0 aliphatic heterocycles. The maximum Gasteiger partial charge on any atom is 0.0789 e. The van der Waals surface area contributed by atoms with E-state index in [-0.39, 0.29) is 0 Å². The van der Waals surface area contributed by atoms with E-state index in [9.17, 15) is 0 Å². The summed E-state index contributed by atoms with van der Waals surface area (Å²) in [7, 11) is 0. The average Bonchev–Trinajstić information content (AvgIpc) is 2.40. The number of hydrogen-bond acceptors (Lipinski definition) is 2. The maximum absolute atomic E-state index is 6.41. The zero-order valence-corrected chi connectivity index (χ0v) is 9.14. The van der Waals surface area contributed by atoms with Crippen LogP contribution in [0.25, 0.3) is 0 Å². The zero-order chi connectivity index (χ0) is 11.4. The van der Waals surface area contributed by atoms with E-state index in [4.69, 9.17) is 11.5 Å². The summed E-state index contributed by atoms with van der Waals surface area (Å²) in [5, 5.41) is 0. The number of hydrogen-bond donors (Lipinski definition) is 2. The fraction of sp³-hybridized carbons (Fsp3) is 0.143. The lowest BCUT2D eigenvalue weighted by molar-refractivity contribution is 0.551. The van der Waals surface area contributed by atoms with Crippen molar-refractivity contribution in [3.8, 4) is 0 Å². The molecule has 0 unspecified atom stereocenters. The van der Waals surface area contributed by atoms with Gasteiger partial charge in [-0.1, -0.05) is 60.7 Å². The van der Waals surface area contributed by atoms with Gasteiger partial charge < -0.3 is 11.5 Å². The lowest BCUT2D eigenvalue weighted by atomic mass is 9.84. The topological polar surface area (TPSA) is 52.0 Å². The highest BCUT2D eigenvalue weighted by atomic mass is 14.8. The summed E-state index contributed by atoms with van der Waals surface area (Å²) in [6.45, 7) is 0.390. The molecule has 16 heavy (non-hydrogen) atoms. The van der Waals surface area contributed by atoms with Gasteiger partial charge in [-0.2, -0.15) is 0 Å². The van der Waals surface area contributed by atoms with Crippen LogP contribution in [0.15, 0.2) is 60.7 Å². The van der Waals surface area contributed by atoms with Gasteiger partial charge in [0.25, 0.3) is 0 Å². The molecule has 0 saturated carbocycles. The van der Waals surface area contributed by atoms with Gasteiger partial charge in [-0.05, 0) is 11.1 Å². The van der Waals surface area contributed by atoms with Gasteiger partial charge in [0, 0.05) is 6.54 Å². The van der Waals surface area contributed by atoms with Gasteiger partial charge >= 0.3 is 0 Å². The minimum Gasteiger partial charge on any atom is -0.328 e. The lowest BCUT2D eigenvalue weighted by Gasteiger charge is -2.29. The smallest absolute Gasteiger partial charge is 0.0789 e. The molecular weight excluding hydrogens is 196 g/mol. The second-order valence-corrected chi connectivity index (χ2v) is 3.91. The quantitative estimate of drug-likeness (QED) is 0.815. The first-order valence-electron chi connectivity index (χ1n) is 5.37. The Morgan fingerprint density at radius 1 is 0.750 bits per heavy atom. The molecule has 0 aliphatic rings. The highest BCUT2D eigenvalue weighted by Gasteiger charge is 2.27. The fourth-order valence-electron chi connectivity index (χ4n) is 1.87. The summed E-state index contributed by atoms with van der Waals surface area (Å²) in [6, 6.07) is 19.9. The Labute approximate surface area is 95.9 Å². The molecule has 2 nitrogen and oxygen atoms in total. The maximum atomic E-state index is 6.41. The number of rotatable bonds is 3. The van der Waals surface area contributed by atoms with Gasteiger partial charge in [-0.25, -0.2) is 0 Å². The molecule has 0 saturated heterocycles. The normalized spacial score (nSPS) is 11.4. The van der Waals surface area contributed by atoms with E-state index in [1.54, 1.807) is 0 Å². The van der Waals surface area contributed by atoms with E-state index in [1.807, 2.05) is 60.7 Å². The Morgan fingerprint density at radius 2 is 1.12 bits per heavy atom.